The Hall–Kier alpha value is -1.01. The van der Waals surface area contributed by atoms with Crippen LogP contribution in [0.25, 0.3) is 11.0 Å². The van der Waals surface area contributed by atoms with E-state index in [2.05, 4.69) is 9.97 Å². The summed E-state index contributed by atoms with van der Waals surface area (Å²) < 4.78 is 6.08. The number of rotatable bonds is 3. The molecule has 0 aliphatic rings. The molecule has 2 heterocycles. The van der Waals surface area contributed by atoms with Crippen molar-refractivity contribution in [2.45, 2.75) is 18.1 Å². The van der Waals surface area contributed by atoms with Gasteiger partial charge in [0.05, 0.1) is 16.3 Å². The van der Waals surface area contributed by atoms with Crippen molar-refractivity contribution >= 4 is 40.1 Å². The van der Waals surface area contributed by atoms with Gasteiger partial charge in [-0.3, -0.25) is 0 Å². The molecule has 0 radical (unpaired) electrons. The van der Waals surface area contributed by atoms with Crippen LogP contribution < -0.4 is 0 Å². The fraction of sp³-hybridized carbons (Fsp3) is 0.400. The lowest BCUT2D eigenvalue weighted by atomic mass is 10.4. The molecule has 0 unspecified atom stereocenters. The zero-order chi connectivity index (χ0) is 11.7. The van der Waals surface area contributed by atoms with E-state index < -0.39 is 0 Å². The maximum Gasteiger partial charge on any atom is 0.350 e. The Morgan fingerprint density at radius 3 is 3.00 bits per heavy atom. The van der Waals surface area contributed by atoms with Gasteiger partial charge in [0.1, 0.15) is 16.2 Å². The van der Waals surface area contributed by atoms with Gasteiger partial charge in [0, 0.05) is 0 Å². The van der Waals surface area contributed by atoms with Crippen molar-refractivity contribution in [3.63, 3.8) is 0 Å². The van der Waals surface area contributed by atoms with Crippen molar-refractivity contribution in [2.24, 2.45) is 0 Å². The zero-order valence-electron chi connectivity index (χ0n) is 9.29. The summed E-state index contributed by atoms with van der Waals surface area (Å²) in [6.07, 6.45) is 1.98. The molecule has 2 aromatic heterocycles. The first kappa shape index (κ1) is 11.5. The van der Waals surface area contributed by atoms with Crippen LogP contribution in [-0.2, 0) is 4.74 Å². The number of H-pyrrole nitrogens is 1. The molecule has 0 aliphatic heterocycles. The van der Waals surface area contributed by atoms with Gasteiger partial charge in [-0.15, -0.1) is 23.1 Å². The van der Waals surface area contributed by atoms with Crippen molar-refractivity contribution in [1.82, 2.24) is 9.97 Å². The second kappa shape index (κ2) is 4.47. The van der Waals surface area contributed by atoms with E-state index in [1.807, 2.05) is 13.2 Å². The highest BCUT2D eigenvalue weighted by molar-refractivity contribution is 8.00. The van der Waals surface area contributed by atoms with Gasteiger partial charge in [-0.2, -0.15) is 0 Å². The Kier molecular flexibility index (Phi) is 3.20. The molecule has 0 bridgehead atoms. The van der Waals surface area contributed by atoms with Crippen LogP contribution in [0.4, 0.5) is 0 Å². The number of thioether (sulfide) groups is 1. The van der Waals surface area contributed by atoms with Crippen molar-refractivity contribution in [3.8, 4) is 0 Å². The Labute approximate surface area is 101 Å². The normalized spacial score (nSPS) is 10.9. The lowest BCUT2D eigenvalue weighted by molar-refractivity contribution is 0.0534. The van der Waals surface area contributed by atoms with Gasteiger partial charge in [-0.25, -0.2) is 9.78 Å². The number of aromatic amines is 1. The molecule has 0 amide bonds. The van der Waals surface area contributed by atoms with Gasteiger partial charge in [-0.1, -0.05) is 0 Å². The van der Waals surface area contributed by atoms with E-state index >= 15 is 0 Å². The summed E-state index contributed by atoms with van der Waals surface area (Å²) in [5.74, 6) is 0.531. The lowest BCUT2D eigenvalue weighted by Crippen LogP contribution is -2.02. The van der Waals surface area contributed by atoms with E-state index in [1.165, 1.54) is 11.3 Å². The van der Waals surface area contributed by atoms with Gasteiger partial charge in [0.15, 0.2) is 0 Å². The third-order valence-electron chi connectivity index (χ3n) is 2.08. The van der Waals surface area contributed by atoms with E-state index in [0.29, 0.717) is 11.5 Å². The third-order valence-corrected chi connectivity index (χ3v) is 4.36. The molecule has 0 saturated carbocycles. The minimum Gasteiger partial charge on any atom is -0.462 e. The van der Waals surface area contributed by atoms with Crippen LogP contribution in [-0.4, -0.2) is 28.8 Å². The summed E-state index contributed by atoms with van der Waals surface area (Å²) in [4.78, 5) is 19.8. The van der Waals surface area contributed by atoms with Crippen LogP contribution in [0.15, 0.2) is 4.21 Å². The van der Waals surface area contributed by atoms with Crippen LogP contribution in [0.5, 0.6) is 0 Å². The highest BCUT2D eigenvalue weighted by Gasteiger charge is 2.20. The molecular formula is C10H12N2O2S2. The molecule has 86 valence electrons. The number of imidazole rings is 1. The number of carbonyl (C=O) groups is 1. The largest absolute Gasteiger partial charge is 0.462 e. The number of carbonyl (C=O) groups excluding carboxylic acids is 1. The van der Waals surface area contributed by atoms with Crippen LogP contribution in [0, 0.1) is 6.92 Å². The molecule has 0 aromatic carbocycles. The number of fused-ring (bicyclic) bond motifs is 1. The summed E-state index contributed by atoms with van der Waals surface area (Å²) in [5, 5.41) is 0. The monoisotopic (exact) mass is 256 g/mol. The molecule has 0 saturated heterocycles. The first-order valence-electron chi connectivity index (χ1n) is 4.87. The van der Waals surface area contributed by atoms with Gasteiger partial charge < -0.3 is 9.72 Å². The smallest absolute Gasteiger partial charge is 0.350 e. The number of nitrogens with zero attached hydrogens (tertiary/aromatic N) is 1. The van der Waals surface area contributed by atoms with E-state index in [4.69, 9.17) is 4.74 Å². The topological polar surface area (TPSA) is 55.0 Å². The number of thiophene rings is 1. The predicted molar refractivity (Wildman–Crippen MR) is 66.4 cm³/mol. The number of esters is 1. The summed E-state index contributed by atoms with van der Waals surface area (Å²) in [5.41, 5.74) is 1.67. The second-order valence-electron chi connectivity index (χ2n) is 3.19. The first-order chi connectivity index (χ1) is 7.67. The fourth-order valence-electron chi connectivity index (χ4n) is 1.47. The maximum absolute atomic E-state index is 11.7. The maximum atomic E-state index is 11.7. The summed E-state index contributed by atoms with van der Waals surface area (Å²) >= 11 is 3.04. The number of aromatic nitrogens is 2. The minimum atomic E-state index is -0.288. The Balaban J connectivity index is 2.56. The van der Waals surface area contributed by atoms with Crippen LogP contribution in [0.3, 0.4) is 0 Å². The van der Waals surface area contributed by atoms with Crippen molar-refractivity contribution in [1.29, 1.82) is 0 Å². The molecule has 0 fully saturated rings. The Morgan fingerprint density at radius 1 is 1.62 bits per heavy atom. The van der Waals surface area contributed by atoms with Gasteiger partial charge in [0.2, 0.25) is 0 Å². The van der Waals surface area contributed by atoms with Crippen molar-refractivity contribution in [2.75, 3.05) is 12.9 Å². The van der Waals surface area contributed by atoms with Gasteiger partial charge in [0.25, 0.3) is 0 Å². The highest BCUT2D eigenvalue weighted by Crippen LogP contribution is 2.36. The molecule has 4 nitrogen and oxygen atoms in total. The quantitative estimate of drug-likeness (QED) is 0.677. The number of aryl methyl sites for hydroxylation is 1. The predicted octanol–water partition coefficient (Wildman–Crippen LogP) is 2.83. The standard InChI is InChI=1S/C10H12N2O2S2/c1-4-14-9(13)8-6-7(10(15-3)16-8)12-5(2)11-6/h4H2,1-3H3,(H,11,12). The van der Waals surface area contributed by atoms with E-state index in [0.717, 1.165) is 21.1 Å². The molecular weight excluding hydrogens is 244 g/mol. The van der Waals surface area contributed by atoms with Crippen LogP contribution in [0.2, 0.25) is 0 Å². The second-order valence-corrected chi connectivity index (χ2v) is 5.28. The molecule has 1 N–H and O–H groups in total. The Bertz CT molecular complexity index is 530. The lowest BCUT2D eigenvalue weighted by Gasteiger charge is -1.97. The van der Waals surface area contributed by atoms with E-state index in [1.54, 1.807) is 18.7 Å². The van der Waals surface area contributed by atoms with E-state index in [-0.39, 0.29) is 5.97 Å². The average molecular weight is 256 g/mol. The van der Waals surface area contributed by atoms with E-state index in [9.17, 15) is 4.79 Å². The molecule has 2 aromatic rings. The minimum absolute atomic E-state index is 0.288. The average Bonchev–Trinajstić information content (AvgIpc) is 2.75. The number of ether oxygens (including phenoxy) is 1. The summed E-state index contributed by atoms with van der Waals surface area (Å²) in [6.45, 7) is 4.06. The van der Waals surface area contributed by atoms with Crippen LogP contribution >= 0.6 is 23.1 Å². The van der Waals surface area contributed by atoms with Gasteiger partial charge >= 0.3 is 5.97 Å². The molecule has 2 rings (SSSR count). The SMILES string of the molecule is CCOC(=O)c1sc(SC)c2[nH]c(C)nc12. The van der Waals surface area contributed by atoms with Crippen LogP contribution in [0.1, 0.15) is 22.4 Å². The van der Waals surface area contributed by atoms with Crippen molar-refractivity contribution < 1.29 is 9.53 Å². The zero-order valence-corrected chi connectivity index (χ0v) is 10.9. The summed E-state index contributed by atoms with van der Waals surface area (Å²) in [6, 6.07) is 0. The number of nitrogens with one attached hydrogen (secondary N) is 1. The number of hydrogen-bond acceptors (Lipinski definition) is 5. The Morgan fingerprint density at radius 2 is 2.38 bits per heavy atom. The fourth-order valence-corrected chi connectivity index (χ4v) is 3.23. The molecule has 16 heavy (non-hydrogen) atoms. The highest BCUT2D eigenvalue weighted by atomic mass is 32.2. The number of hydrogen-bond donors (Lipinski definition) is 1. The molecule has 6 heteroatoms. The molecule has 0 atom stereocenters. The summed E-state index contributed by atoms with van der Waals surface area (Å²) in [7, 11) is 0. The molecule has 0 aliphatic carbocycles. The molecule has 0 spiro atoms. The van der Waals surface area contributed by atoms with Crippen molar-refractivity contribution in [3.05, 3.63) is 10.7 Å². The van der Waals surface area contributed by atoms with Gasteiger partial charge in [-0.05, 0) is 20.1 Å². The first-order valence-corrected chi connectivity index (χ1v) is 6.91. The third kappa shape index (κ3) is 1.82.